The number of allylic oxidation sites excluding steroid dienone is 1. The van der Waals surface area contributed by atoms with Gasteiger partial charge in [-0.25, -0.2) is 0 Å². The van der Waals surface area contributed by atoms with E-state index < -0.39 is 16.9 Å². The summed E-state index contributed by atoms with van der Waals surface area (Å²) in [7, 11) is 0. The number of amides is 2. The quantitative estimate of drug-likeness (QED) is 0.136. The van der Waals surface area contributed by atoms with Crippen molar-refractivity contribution in [2.45, 2.75) is 31.6 Å². The number of anilines is 1. The van der Waals surface area contributed by atoms with Crippen LogP contribution in [0.15, 0.2) is 60.3 Å². The van der Waals surface area contributed by atoms with Crippen LogP contribution in [0.5, 0.6) is 0 Å². The molecule has 37 heavy (non-hydrogen) atoms. The van der Waals surface area contributed by atoms with E-state index in [1.54, 1.807) is 34.9 Å². The maximum absolute atomic E-state index is 12.9. The second-order valence-electron chi connectivity index (χ2n) is 8.17. The monoisotopic (exact) mass is 562 g/mol. The van der Waals surface area contributed by atoms with Gasteiger partial charge in [0.1, 0.15) is 0 Å². The molecule has 0 spiro atoms. The summed E-state index contributed by atoms with van der Waals surface area (Å²) < 4.78 is 1.77. The lowest BCUT2D eigenvalue weighted by atomic mass is 10.0. The van der Waals surface area contributed by atoms with Gasteiger partial charge in [-0.05, 0) is 24.1 Å². The van der Waals surface area contributed by atoms with Gasteiger partial charge in [0, 0.05) is 18.7 Å². The van der Waals surface area contributed by atoms with E-state index in [0.717, 1.165) is 11.8 Å². The summed E-state index contributed by atoms with van der Waals surface area (Å²) in [6.45, 7) is 8.00. The number of carbonyl (C=O) groups is 2. The van der Waals surface area contributed by atoms with Crippen molar-refractivity contribution in [3.05, 3.63) is 86.7 Å². The predicted octanol–water partition coefficient (Wildman–Crippen LogP) is 5.54. The van der Waals surface area contributed by atoms with Crippen LogP contribution in [-0.2, 0) is 11.3 Å². The molecule has 0 aliphatic heterocycles. The van der Waals surface area contributed by atoms with Gasteiger partial charge in [0.05, 0.1) is 38.0 Å². The number of hydrogen-bond donors (Lipinski definition) is 2. The van der Waals surface area contributed by atoms with Crippen molar-refractivity contribution in [1.82, 2.24) is 20.1 Å². The zero-order valence-electron chi connectivity index (χ0n) is 20.0. The van der Waals surface area contributed by atoms with Crippen molar-refractivity contribution >= 4 is 58.2 Å². The summed E-state index contributed by atoms with van der Waals surface area (Å²) in [4.78, 5) is 35.9. The molecule has 0 aliphatic rings. The van der Waals surface area contributed by atoms with Crippen LogP contribution in [0.2, 0.25) is 10.0 Å². The Labute approximate surface area is 227 Å². The molecule has 3 aromatic rings. The third-order valence-electron chi connectivity index (χ3n) is 5.17. The number of carbonyl (C=O) groups excluding carboxylic acids is 2. The van der Waals surface area contributed by atoms with E-state index in [1.807, 2.05) is 13.8 Å². The highest BCUT2D eigenvalue weighted by Crippen LogP contribution is 2.29. The number of non-ortho nitro benzene ring substituents is 1. The van der Waals surface area contributed by atoms with E-state index in [9.17, 15) is 19.7 Å². The van der Waals surface area contributed by atoms with Gasteiger partial charge in [-0.2, -0.15) is 0 Å². The Balaban J connectivity index is 1.77. The second-order valence-corrected chi connectivity index (χ2v) is 9.93. The Bertz CT molecular complexity index is 1330. The van der Waals surface area contributed by atoms with Crippen molar-refractivity contribution in [1.29, 1.82) is 0 Å². The van der Waals surface area contributed by atoms with Crippen LogP contribution in [0.1, 0.15) is 36.1 Å². The number of rotatable bonds is 11. The van der Waals surface area contributed by atoms with E-state index in [1.165, 1.54) is 18.2 Å². The molecule has 10 nitrogen and oxygen atoms in total. The number of benzene rings is 2. The minimum atomic E-state index is -0.574. The Morgan fingerprint density at radius 1 is 1.19 bits per heavy atom. The summed E-state index contributed by atoms with van der Waals surface area (Å²) in [5.41, 5.74) is 0.286. The fourth-order valence-corrected chi connectivity index (χ4v) is 4.51. The Kier molecular flexibility index (Phi) is 9.67. The molecule has 0 unspecified atom stereocenters. The molecule has 3 rings (SSSR count). The maximum Gasteiger partial charge on any atom is 0.271 e. The van der Waals surface area contributed by atoms with Crippen LogP contribution in [-0.4, -0.2) is 37.3 Å². The molecule has 2 aromatic carbocycles. The molecular formula is C24H24Cl2N6O4S. The van der Waals surface area contributed by atoms with E-state index in [4.69, 9.17) is 23.2 Å². The van der Waals surface area contributed by atoms with Gasteiger partial charge in [0.2, 0.25) is 5.91 Å². The molecule has 194 valence electrons. The Morgan fingerprint density at radius 2 is 1.92 bits per heavy atom. The third kappa shape index (κ3) is 7.09. The lowest BCUT2D eigenvalue weighted by Crippen LogP contribution is -2.34. The minimum absolute atomic E-state index is 0.0450. The summed E-state index contributed by atoms with van der Waals surface area (Å²) >= 11 is 13.4. The van der Waals surface area contributed by atoms with Crippen LogP contribution >= 0.6 is 35.0 Å². The molecule has 0 fully saturated rings. The van der Waals surface area contributed by atoms with E-state index in [2.05, 4.69) is 27.4 Å². The molecule has 2 amide bonds. The van der Waals surface area contributed by atoms with Crippen LogP contribution < -0.4 is 10.6 Å². The van der Waals surface area contributed by atoms with Gasteiger partial charge < -0.3 is 15.2 Å². The van der Waals surface area contributed by atoms with Crippen LogP contribution in [0.4, 0.5) is 11.4 Å². The standard InChI is InChI=1S/C24H24Cl2N6O4S/c1-4-11-31-22(21(14(2)3)28-23(34)16-7-5-6-8-17(16)25)29-30-24(31)37-13-20(33)27-19-12-15(32(35)36)9-10-18(19)26/h4-10,12,14,21H,1,11,13H2,2-3H3,(H,27,33)(H,28,34)/t21-/m0/s1. The first kappa shape index (κ1) is 28.2. The zero-order valence-corrected chi connectivity index (χ0v) is 22.3. The average molecular weight is 563 g/mol. The first-order valence-electron chi connectivity index (χ1n) is 11.1. The third-order valence-corrected chi connectivity index (χ3v) is 6.80. The first-order chi connectivity index (χ1) is 17.6. The maximum atomic E-state index is 12.9. The molecular weight excluding hydrogens is 539 g/mol. The summed E-state index contributed by atoms with van der Waals surface area (Å²) in [5, 5.41) is 26.1. The van der Waals surface area contributed by atoms with Crippen LogP contribution in [0, 0.1) is 16.0 Å². The number of aromatic nitrogens is 3. The average Bonchev–Trinajstić information content (AvgIpc) is 3.24. The number of thioether (sulfide) groups is 1. The highest BCUT2D eigenvalue weighted by Gasteiger charge is 2.27. The summed E-state index contributed by atoms with van der Waals surface area (Å²) in [6, 6.07) is 10.0. The number of nitrogens with zero attached hydrogens (tertiary/aromatic N) is 4. The van der Waals surface area contributed by atoms with Gasteiger partial charge in [-0.15, -0.1) is 16.8 Å². The van der Waals surface area contributed by atoms with Crippen molar-refractivity contribution in [3.8, 4) is 0 Å². The highest BCUT2D eigenvalue weighted by molar-refractivity contribution is 7.99. The molecule has 2 N–H and O–H groups in total. The smallest absolute Gasteiger partial charge is 0.271 e. The first-order valence-corrected chi connectivity index (χ1v) is 12.8. The molecule has 1 atom stereocenters. The number of nitro groups is 1. The van der Waals surface area contributed by atoms with E-state index in [-0.39, 0.29) is 34.0 Å². The molecule has 0 saturated carbocycles. The molecule has 0 aliphatic carbocycles. The lowest BCUT2D eigenvalue weighted by molar-refractivity contribution is -0.384. The molecule has 0 saturated heterocycles. The van der Waals surface area contributed by atoms with Gasteiger partial charge in [0.25, 0.3) is 11.6 Å². The molecule has 0 bridgehead atoms. The fraction of sp³-hybridized carbons (Fsp3) is 0.250. The molecule has 1 heterocycles. The van der Waals surface area contributed by atoms with Crippen molar-refractivity contribution in [2.24, 2.45) is 5.92 Å². The van der Waals surface area contributed by atoms with E-state index in [0.29, 0.717) is 28.1 Å². The Morgan fingerprint density at radius 3 is 2.57 bits per heavy atom. The Hall–Kier alpha value is -3.41. The number of halogens is 2. The predicted molar refractivity (Wildman–Crippen MR) is 144 cm³/mol. The number of nitrogens with one attached hydrogen (secondary N) is 2. The largest absolute Gasteiger partial charge is 0.342 e. The fourth-order valence-electron chi connectivity index (χ4n) is 3.37. The van der Waals surface area contributed by atoms with Crippen molar-refractivity contribution < 1.29 is 14.5 Å². The van der Waals surface area contributed by atoms with Crippen LogP contribution in [0.3, 0.4) is 0 Å². The summed E-state index contributed by atoms with van der Waals surface area (Å²) in [5.74, 6) is -0.391. The topological polar surface area (TPSA) is 132 Å². The van der Waals surface area contributed by atoms with E-state index >= 15 is 0 Å². The molecule has 1 aromatic heterocycles. The minimum Gasteiger partial charge on any atom is -0.342 e. The zero-order chi connectivity index (χ0) is 27.1. The van der Waals surface area contributed by atoms with Gasteiger partial charge in [-0.3, -0.25) is 19.7 Å². The van der Waals surface area contributed by atoms with Gasteiger partial charge in [0.15, 0.2) is 11.0 Å². The molecule has 0 radical (unpaired) electrons. The lowest BCUT2D eigenvalue weighted by Gasteiger charge is -2.23. The number of nitro benzene ring substituents is 1. The highest BCUT2D eigenvalue weighted by atomic mass is 35.5. The van der Waals surface area contributed by atoms with Gasteiger partial charge >= 0.3 is 0 Å². The molecule has 13 heteroatoms. The van der Waals surface area contributed by atoms with Crippen molar-refractivity contribution in [3.63, 3.8) is 0 Å². The van der Waals surface area contributed by atoms with Crippen molar-refractivity contribution in [2.75, 3.05) is 11.1 Å². The normalized spacial score (nSPS) is 11.7. The second kappa shape index (κ2) is 12.7. The van der Waals surface area contributed by atoms with Crippen LogP contribution in [0.25, 0.3) is 0 Å². The SMILES string of the molecule is C=CCn1c(SCC(=O)Nc2cc([N+](=O)[O-])ccc2Cl)nnc1[C@@H](NC(=O)c1ccccc1Cl)C(C)C. The number of hydrogen-bond acceptors (Lipinski definition) is 7. The summed E-state index contributed by atoms with van der Waals surface area (Å²) in [6.07, 6.45) is 1.66. The van der Waals surface area contributed by atoms with Gasteiger partial charge in [-0.1, -0.05) is 67.0 Å².